The lowest BCUT2D eigenvalue weighted by Gasteiger charge is -2.28. The van der Waals surface area contributed by atoms with Gasteiger partial charge in [-0.3, -0.25) is 14.5 Å². The molecule has 0 unspecified atom stereocenters. The zero-order valence-electron chi connectivity index (χ0n) is 18.3. The van der Waals surface area contributed by atoms with Gasteiger partial charge in [-0.25, -0.2) is 4.98 Å². The number of hydrogen-bond acceptors (Lipinski definition) is 5. The molecule has 7 nitrogen and oxygen atoms in total. The second-order valence-corrected chi connectivity index (χ2v) is 9.24. The van der Waals surface area contributed by atoms with Crippen LogP contribution in [0.1, 0.15) is 48.3 Å². The van der Waals surface area contributed by atoms with E-state index in [0.717, 1.165) is 67.3 Å². The molecule has 1 aliphatic carbocycles. The molecule has 1 N–H and O–H groups in total. The molecule has 0 spiro atoms. The minimum absolute atomic E-state index is 0.0367. The number of ether oxygens (including phenoxy) is 1. The molecule has 0 radical (unpaired) electrons. The molecule has 1 aromatic heterocycles. The fourth-order valence-electron chi connectivity index (χ4n) is 4.99. The Balaban J connectivity index is 1.28. The Morgan fingerprint density at radius 1 is 1.29 bits per heavy atom. The number of amides is 1. The van der Waals surface area contributed by atoms with Gasteiger partial charge in [-0.15, -0.1) is 0 Å². The van der Waals surface area contributed by atoms with Crippen LogP contribution < -0.4 is 10.3 Å². The van der Waals surface area contributed by atoms with Gasteiger partial charge in [-0.2, -0.15) is 0 Å². The van der Waals surface area contributed by atoms with E-state index in [-0.39, 0.29) is 23.3 Å². The van der Waals surface area contributed by atoms with Crippen molar-refractivity contribution in [1.29, 1.82) is 0 Å². The van der Waals surface area contributed by atoms with Gasteiger partial charge in [0.1, 0.15) is 11.6 Å². The molecular weight excluding hydrogens is 392 g/mol. The third-order valence-electron chi connectivity index (χ3n) is 7.07. The molecule has 7 heteroatoms. The smallest absolute Gasteiger partial charge is 0.255 e. The standard InChI is InChI=1S/C24H30N4O3/c1-15-11-18(15)24(30)28-10-7-17(13-28)22-25-20-8-9-27(14-19(20)23(29)26-22)12-16-5-3-4-6-21(16)31-2/h3-6,15,17-18H,7-14H2,1-2H3,(H,25,26,29)/t15-,17-,18+/m0/s1. The predicted octanol–water partition coefficient (Wildman–Crippen LogP) is 2.31. The van der Waals surface area contributed by atoms with Crippen LogP contribution >= 0.6 is 0 Å². The van der Waals surface area contributed by atoms with E-state index in [1.165, 1.54) is 0 Å². The molecular formula is C24H30N4O3. The second-order valence-electron chi connectivity index (χ2n) is 9.24. The first-order valence-corrected chi connectivity index (χ1v) is 11.3. The van der Waals surface area contributed by atoms with Crippen molar-refractivity contribution in [3.05, 3.63) is 57.3 Å². The number of carbonyl (C=O) groups excluding carboxylic acids is 1. The maximum atomic E-state index is 12.9. The SMILES string of the molecule is COc1ccccc1CN1CCc2nc([C@H]3CCN(C(=O)[C@@H]4C[C@@H]4C)C3)[nH]c(=O)c2C1. The number of nitrogens with zero attached hydrogens (tertiary/aromatic N) is 3. The Hall–Kier alpha value is -2.67. The Kier molecular flexibility index (Phi) is 5.30. The molecule has 1 saturated carbocycles. The summed E-state index contributed by atoms with van der Waals surface area (Å²) in [5.74, 6) is 2.76. The summed E-state index contributed by atoms with van der Waals surface area (Å²) >= 11 is 0. The largest absolute Gasteiger partial charge is 0.496 e. The molecule has 1 saturated heterocycles. The van der Waals surface area contributed by atoms with Gasteiger partial charge in [0.2, 0.25) is 5.91 Å². The van der Waals surface area contributed by atoms with Crippen molar-refractivity contribution in [2.45, 2.75) is 45.2 Å². The van der Waals surface area contributed by atoms with Crippen molar-refractivity contribution in [2.24, 2.45) is 11.8 Å². The number of fused-ring (bicyclic) bond motifs is 1. The minimum Gasteiger partial charge on any atom is -0.496 e. The highest BCUT2D eigenvalue weighted by molar-refractivity contribution is 5.81. The van der Waals surface area contributed by atoms with E-state index < -0.39 is 0 Å². The zero-order valence-corrected chi connectivity index (χ0v) is 18.3. The Morgan fingerprint density at radius 2 is 2.10 bits per heavy atom. The summed E-state index contributed by atoms with van der Waals surface area (Å²) in [6.45, 7) is 5.75. The number of methoxy groups -OCH3 is 1. The lowest BCUT2D eigenvalue weighted by atomic mass is 10.0. The molecule has 3 aliphatic rings. The predicted molar refractivity (Wildman–Crippen MR) is 117 cm³/mol. The molecule has 31 heavy (non-hydrogen) atoms. The highest BCUT2D eigenvalue weighted by Gasteiger charge is 2.43. The number of aromatic nitrogens is 2. The first-order chi connectivity index (χ1) is 15.0. The molecule has 2 fully saturated rings. The van der Waals surface area contributed by atoms with E-state index in [0.29, 0.717) is 19.0 Å². The molecule has 5 rings (SSSR count). The minimum atomic E-state index is -0.0367. The summed E-state index contributed by atoms with van der Waals surface area (Å²) in [4.78, 5) is 37.6. The Bertz CT molecular complexity index is 1050. The van der Waals surface area contributed by atoms with Gasteiger partial charge in [0.15, 0.2) is 0 Å². The maximum absolute atomic E-state index is 12.9. The van der Waals surface area contributed by atoms with Crippen molar-refractivity contribution in [1.82, 2.24) is 19.8 Å². The van der Waals surface area contributed by atoms with Crippen LogP contribution in [-0.4, -0.2) is 52.4 Å². The van der Waals surface area contributed by atoms with E-state index in [1.807, 2.05) is 23.1 Å². The topological polar surface area (TPSA) is 78.5 Å². The molecule has 3 atom stereocenters. The van der Waals surface area contributed by atoms with Gasteiger partial charge < -0.3 is 14.6 Å². The fraction of sp³-hybridized carbons (Fsp3) is 0.542. The highest BCUT2D eigenvalue weighted by atomic mass is 16.5. The van der Waals surface area contributed by atoms with Gasteiger partial charge in [-0.05, 0) is 24.8 Å². The van der Waals surface area contributed by atoms with Crippen molar-refractivity contribution < 1.29 is 9.53 Å². The van der Waals surface area contributed by atoms with Crippen LogP contribution in [0.15, 0.2) is 29.1 Å². The average molecular weight is 423 g/mol. The third-order valence-corrected chi connectivity index (χ3v) is 7.07. The van der Waals surface area contributed by atoms with Crippen LogP contribution in [0.3, 0.4) is 0 Å². The van der Waals surface area contributed by atoms with Crippen LogP contribution in [0, 0.1) is 11.8 Å². The van der Waals surface area contributed by atoms with Crippen LogP contribution in [0.25, 0.3) is 0 Å². The van der Waals surface area contributed by atoms with Crippen LogP contribution in [-0.2, 0) is 24.3 Å². The van der Waals surface area contributed by atoms with Crippen molar-refractivity contribution in [3.8, 4) is 5.75 Å². The quantitative estimate of drug-likeness (QED) is 0.800. The molecule has 1 aromatic carbocycles. The average Bonchev–Trinajstić information content (AvgIpc) is 3.31. The van der Waals surface area contributed by atoms with Crippen molar-refractivity contribution in [3.63, 3.8) is 0 Å². The molecule has 2 aromatic rings. The number of carbonyl (C=O) groups is 1. The number of aromatic amines is 1. The number of hydrogen-bond donors (Lipinski definition) is 1. The van der Waals surface area contributed by atoms with Gasteiger partial charge in [0.05, 0.1) is 18.4 Å². The number of likely N-dealkylation sites (tertiary alicyclic amines) is 1. The lowest BCUT2D eigenvalue weighted by Crippen LogP contribution is -2.36. The van der Waals surface area contributed by atoms with Gasteiger partial charge in [0, 0.05) is 56.5 Å². The Labute approximate surface area is 182 Å². The van der Waals surface area contributed by atoms with Gasteiger partial charge in [-0.1, -0.05) is 25.1 Å². The lowest BCUT2D eigenvalue weighted by molar-refractivity contribution is -0.131. The normalized spacial score (nSPS) is 25.4. The summed E-state index contributed by atoms with van der Waals surface area (Å²) in [7, 11) is 1.68. The number of benzene rings is 1. The number of H-pyrrole nitrogens is 1. The highest BCUT2D eigenvalue weighted by Crippen LogP contribution is 2.40. The summed E-state index contributed by atoms with van der Waals surface area (Å²) in [5.41, 5.74) is 2.76. The molecule has 0 bridgehead atoms. The number of rotatable bonds is 5. The van der Waals surface area contributed by atoms with Gasteiger partial charge >= 0.3 is 0 Å². The van der Waals surface area contributed by atoms with Crippen molar-refractivity contribution >= 4 is 5.91 Å². The molecule has 1 amide bonds. The van der Waals surface area contributed by atoms with E-state index in [1.54, 1.807) is 7.11 Å². The first kappa shape index (κ1) is 20.2. The first-order valence-electron chi connectivity index (χ1n) is 11.3. The monoisotopic (exact) mass is 422 g/mol. The summed E-state index contributed by atoms with van der Waals surface area (Å²) in [5, 5.41) is 0. The number of para-hydroxylation sites is 1. The maximum Gasteiger partial charge on any atom is 0.255 e. The van der Waals surface area contributed by atoms with Crippen LogP contribution in [0.4, 0.5) is 0 Å². The third kappa shape index (κ3) is 3.99. The van der Waals surface area contributed by atoms with E-state index in [4.69, 9.17) is 9.72 Å². The second kappa shape index (κ2) is 8.11. The Morgan fingerprint density at radius 3 is 2.87 bits per heavy atom. The molecule has 3 heterocycles. The van der Waals surface area contributed by atoms with Crippen LogP contribution in [0.2, 0.25) is 0 Å². The van der Waals surface area contributed by atoms with E-state index in [2.05, 4.69) is 22.9 Å². The van der Waals surface area contributed by atoms with E-state index in [9.17, 15) is 9.59 Å². The zero-order chi connectivity index (χ0) is 21.5. The fourth-order valence-corrected chi connectivity index (χ4v) is 4.99. The molecule has 164 valence electrons. The van der Waals surface area contributed by atoms with Crippen molar-refractivity contribution in [2.75, 3.05) is 26.7 Å². The van der Waals surface area contributed by atoms with E-state index >= 15 is 0 Å². The summed E-state index contributed by atoms with van der Waals surface area (Å²) in [6.07, 6.45) is 2.64. The summed E-state index contributed by atoms with van der Waals surface area (Å²) < 4.78 is 5.47. The number of nitrogens with one attached hydrogen (secondary N) is 1. The van der Waals surface area contributed by atoms with Crippen LogP contribution in [0.5, 0.6) is 5.75 Å². The molecule has 2 aliphatic heterocycles. The van der Waals surface area contributed by atoms with Gasteiger partial charge in [0.25, 0.3) is 5.56 Å². The summed E-state index contributed by atoms with van der Waals surface area (Å²) in [6, 6.07) is 8.01.